The Balaban J connectivity index is 0.000000135. The maximum atomic E-state index is 14.5. The second-order valence-corrected chi connectivity index (χ2v) is 32.3. The number of hydrogen-bond acceptors (Lipinski definition) is 28. The third kappa shape index (κ3) is 23.4. The van der Waals surface area contributed by atoms with Crippen molar-refractivity contribution in [1.82, 2.24) is 128 Å². The molecule has 1 fully saturated rings. The number of aryl methyl sites for hydroxylation is 8. The van der Waals surface area contributed by atoms with Crippen molar-refractivity contribution in [3.05, 3.63) is 280 Å². The van der Waals surface area contributed by atoms with Crippen LogP contribution in [0, 0.1) is 56.8 Å². The number of Topliss-reactive ketones (excluding diaryl/α,β-unsaturated/α-hetero) is 2. The Hall–Kier alpha value is -16.5. The lowest BCUT2D eigenvalue weighted by Gasteiger charge is -2.19. The number of carbonyl (C=O) groups is 5. The van der Waals surface area contributed by atoms with Crippen molar-refractivity contribution in [3.8, 4) is 67.8 Å². The van der Waals surface area contributed by atoms with Gasteiger partial charge in [0, 0.05) is 129 Å². The van der Waals surface area contributed by atoms with Crippen molar-refractivity contribution >= 4 is 85.3 Å². The number of halogens is 6. The number of pyridine rings is 6. The molecule has 1 atom stereocenters. The molecule has 135 heavy (non-hydrogen) atoms. The van der Waals surface area contributed by atoms with Gasteiger partial charge in [-0.05, 0) is 204 Å². The molecule has 1 aliphatic heterocycles. The van der Waals surface area contributed by atoms with Crippen LogP contribution < -0.4 is 16.4 Å². The molecular weight excluding hydrogens is 1820 g/mol. The highest BCUT2D eigenvalue weighted by atomic mass is 79.9. The van der Waals surface area contributed by atoms with Crippen LogP contribution in [0.4, 0.5) is 39.3 Å². The first-order valence-corrected chi connectivity index (χ1v) is 42.0. The number of nitrogen functional groups attached to an aromatic ring is 2. The molecule has 38 nitrogen and oxygen atoms in total. The van der Waals surface area contributed by atoms with Crippen molar-refractivity contribution in [2.45, 2.75) is 92.7 Å². The van der Waals surface area contributed by atoms with Crippen LogP contribution in [0.25, 0.3) is 90.4 Å². The zero-order valence-corrected chi connectivity index (χ0v) is 76.1. The largest absolute Gasteiger partial charge is 0.477 e. The topological polar surface area (TPSA) is 480 Å². The van der Waals surface area contributed by atoms with Crippen LogP contribution in [-0.4, -0.2) is 197 Å². The number of carboxylic acids is 2. The van der Waals surface area contributed by atoms with Crippen LogP contribution in [0.3, 0.4) is 0 Å². The number of ether oxygens (including phenoxy) is 1. The number of aromatic carboxylic acids is 2. The number of ketones is 2. The van der Waals surface area contributed by atoms with E-state index in [9.17, 15) is 45.9 Å². The van der Waals surface area contributed by atoms with E-state index < -0.39 is 47.6 Å². The van der Waals surface area contributed by atoms with Gasteiger partial charge in [-0.3, -0.25) is 43.1 Å². The molecule has 44 heteroatoms. The van der Waals surface area contributed by atoms with Gasteiger partial charge in [0.1, 0.15) is 52.7 Å². The van der Waals surface area contributed by atoms with E-state index in [0.717, 1.165) is 52.9 Å². The number of rotatable bonds is 16. The summed E-state index contributed by atoms with van der Waals surface area (Å²) < 4.78 is 84.6. The van der Waals surface area contributed by atoms with Crippen LogP contribution in [-0.2, 0) is 50.6 Å². The van der Waals surface area contributed by atoms with E-state index in [2.05, 4.69) is 119 Å². The molecule has 0 saturated carbocycles. The number of hydrogen-bond donors (Lipinski definition) is 5. The molecule has 0 unspecified atom stereocenters. The predicted octanol–water partition coefficient (Wildman–Crippen LogP) is 13.0. The van der Waals surface area contributed by atoms with E-state index in [1.807, 2.05) is 63.4 Å². The zero-order valence-electron chi connectivity index (χ0n) is 74.5. The maximum absolute atomic E-state index is 14.5. The number of aliphatic hydroxyl groups is 1. The van der Waals surface area contributed by atoms with E-state index in [0.29, 0.717) is 113 Å². The van der Waals surface area contributed by atoms with Gasteiger partial charge >= 0.3 is 17.9 Å². The predicted molar refractivity (Wildman–Crippen MR) is 488 cm³/mol. The molecule has 7 N–H and O–H groups in total. The van der Waals surface area contributed by atoms with Crippen LogP contribution >= 0.6 is 15.9 Å². The average Bonchev–Trinajstić information content (AvgIpc) is 1.70. The molecular formula is C91H87BrF5N29O9. The van der Waals surface area contributed by atoms with E-state index in [4.69, 9.17) is 31.5 Å². The first-order chi connectivity index (χ1) is 64.3. The SMILES string of the molecule is CC(C)(C)OC(=O)Cc1cc2nc(-c3ccc(F)cc3)nn2cc1F.C[C@H]1CCCN1c1nc2cc(N)ccn2n1.Cc1ccnc(-c2cnn(C)c2C(=O)CO)c1.Cc1ccnc(-c2cnn(C)c2C(=O)O)c1.Cc1ncc(C)c(-c2cnn(C)c2C(=O)Cc2cc3nc(Br)nn3cc2F)n1.Cn1ncc(-c2cccnn2)c1C(=O)O.Nc1cc2nc(-c3ccc(F)cc3)nn2cc1F. The van der Waals surface area contributed by atoms with Crippen molar-refractivity contribution in [2.24, 2.45) is 28.2 Å². The lowest BCUT2D eigenvalue weighted by atomic mass is 10.0. The second-order valence-electron chi connectivity index (χ2n) is 31.6. The fourth-order valence-electron chi connectivity index (χ4n) is 13.9. The zero-order chi connectivity index (χ0) is 97.0. The van der Waals surface area contributed by atoms with Crippen LogP contribution in [0.2, 0.25) is 0 Å². The third-order valence-corrected chi connectivity index (χ3v) is 20.7. The van der Waals surface area contributed by atoms with Gasteiger partial charge in [0.2, 0.25) is 16.5 Å². The molecule has 0 aliphatic carbocycles. The molecule has 16 aromatic heterocycles. The normalized spacial score (nSPS) is 12.1. The van der Waals surface area contributed by atoms with Gasteiger partial charge in [-0.1, -0.05) is 0 Å². The van der Waals surface area contributed by atoms with Gasteiger partial charge < -0.3 is 36.4 Å². The molecule has 1 saturated heterocycles. The van der Waals surface area contributed by atoms with E-state index in [1.165, 1.54) is 112 Å². The summed E-state index contributed by atoms with van der Waals surface area (Å²) in [5.41, 5.74) is 23.7. The summed E-state index contributed by atoms with van der Waals surface area (Å²) in [5, 5.41) is 67.4. The smallest absolute Gasteiger partial charge is 0.354 e. The highest BCUT2D eigenvalue weighted by Gasteiger charge is 2.28. The van der Waals surface area contributed by atoms with Gasteiger partial charge in [0.25, 0.3) is 0 Å². The summed E-state index contributed by atoms with van der Waals surface area (Å²) in [6, 6.07) is 30.9. The number of benzene rings is 2. The molecule has 1 aliphatic rings. The van der Waals surface area contributed by atoms with Crippen molar-refractivity contribution in [1.29, 1.82) is 0 Å². The van der Waals surface area contributed by atoms with E-state index in [-0.39, 0.29) is 64.2 Å². The van der Waals surface area contributed by atoms with Crippen molar-refractivity contribution in [3.63, 3.8) is 0 Å². The summed E-state index contributed by atoms with van der Waals surface area (Å²) in [6.45, 7) is 15.5. The molecule has 692 valence electrons. The van der Waals surface area contributed by atoms with Gasteiger partial charge in [-0.2, -0.15) is 35.6 Å². The summed E-state index contributed by atoms with van der Waals surface area (Å²) in [5.74, 6) is -3.40. The quantitative estimate of drug-likeness (QED) is 0.0341. The number of nitrogens with two attached hydrogens (primary N) is 2. The van der Waals surface area contributed by atoms with Gasteiger partial charge in [-0.15, -0.1) is 20.4 Å². The molecule has 18 aromatic rings. The molecule has 0 spiro atoms. The maximum Gasteiger partial charge on any atom is 0.354 e. The summed E-state index contributed by atoms with van der Waals surface area (Å²) in [6.07, 6.45) is 20.2. The van der Waals surface area contributed by atoms with E-state index >= 15 is 0 Å². The lowest BCUT2D eigenvalue weighted by molar-refractivity contribution is -0.154. The number of carbonyl (C=O) groups excluding carboxylic acids is 3. The molecule has 0 bridgehead atoms. The number of carboxylic acid groups (broad SMARTS) is 2. The summed E-state index contributed by atoms with van der Waals surface area (Å²) in [7, 11) is 6.52. The molecule has 0 radical (unpaired) electrons. The number of aliphatic hydroxyl groups excluding tert-OH is 1. The molecule has 2 aromatic carbocycles. The first-order valence-electron chi connectivity index (χ1n) is 41.2. The minimum Gasteiger partial charge on any atom is -0.477 e. The molecule has 19 rings (SSSR count). The van der Waals surface area contributed by atoms with Gasteiger partial charge in [0.05, 0.1) is 89.4 Å². The Morgan fingerprint density at radius 1 is 0.519 bits per heavy atom. The number of fused-ring (bicyclic) bond motifs is 4. The standard InChI is InChI=1S/C18H15BrFN7O.C18H17F2N3O2.C12H8F2N4.C12H13N3O2.C11H15N5.C11H11N3O2.C9H8N4O2/c1-9-6-21-10(2)23-16(9)12-7-22-26(3)17(12)14(28)4-11-5-15-24-18(19)25-27(15)8-13(11)20;1-18(2,3)25-16(24)9-12-8-15-21-17(22-23(15)10-14(12)20)11-4-6-13(19)7-5-11;13-8-3-1-7(2-4-8)12-16-11-5-10(15)9(14)6-18(11)17-12;1-8-3-4-13-10(5-8)9-6-14-15(2)12(9)11(17)7-16;1-8-3-2-5-15(8)11-13-10-7-9(12)4-6-16(10)14-11;1-7-3-4-12-9(5-7)8-6-13-14(2)10(8)11(15)16;1-13-8(9(14)15)6(5-11-13)7-3-2-4-10-12-7/h5-8H,4H2,1-3H3;4-8,10H,9H2,1-3H3;1-6H,15H2;3-6,16H,7H2,1-2H3;4,6-8H,2-3,5,12H2,1H3;3-6H,1-2H3,(H,15,16);2-5H,1H3,(H,14,15)/t;;;;8-;;/m....0../s1. The number of anilines is 3. The lowest BCUT2D eigenvalue weighted by Crippen LogP contribution is -2.27. The number of aromatic nitrogens is 26. The van der Waals surface area contributed by atoms with E-state index in [1.54, 1.807) is 128 Å². The third-order valence-electron chi connectivity index (χ3n) is 20.3. The van der Waals surface area contributed by atoms with Crippen LogP contribution in [0.5, 0.6) is 0 Å². The molecule has 0 amide bonds. The highest BCUT2D eigenvalue weighted by Crippen LogP contribution is 2.31. The Morgan fingerprint density at radius 3 is 1.52 bits per heavy atom. The molecule has 17 heterocycles. The Bertz CT molecular complexity index is 7350. The Kier molecular flexibility index (Phi) is 29.7. The van der Waals surface area contributed by atoms with Crippen LogP contribution in [0.1, 0.15) is 116 Å². The minimum atomic E-state index is -1.03. The fraction of sp³-hybridized carbons (Fsp3) is 0.220. The Labute approximate surface area is 773 Å². The summed E-state index contributed by atoms with van der Waals surface area (Å²) in [4.78, 5) is 95.0. The second kappa shape index (κ2) is 41.7. The van der Waals surface area contributed by atoms with Gasteiger partial charge in [-0.25, -0.2) is 74.5 Å². The number of esters is 1. The Morgan fingerprint density at radius 2 is 1.01 bits per heavy atom. The fourth-order valence-corrected chi connectivity index (χ4v) is 14.2. The number of nitrogens with zero attached hydrogens (tertiary/aromatic N) is 27. The van der Waals surface area contributed by atoms with Crippen molar-refractivity contribution < 1.29 is 66.0 Å². The van der Waals surface area contributed by atoms with Crippen molar-refractivity contribution in [2.75, 3.05) is 29.5 Å². The highest BCUT2D eigenvalue weighted by molar-refractivity contribution is 9.10. The van der Waals surface area contributed by atoms with Crippen LogP contribution in [0.15, 0.2) is 194 Å². The minimum absolute atomic E-state index is 0.0144. The monoisotopic (exact) mass is 1900 g/mol. The average molecular weight is 1910 g/mol. The first kappa shape index (κ1) is 96.0. The van der Waals surface area contributed by atoms with Gasteiger partial charge in [0.15, 0.2) is 57.2 Å². The summed E-state index contributed by atoms with van der Waals surface area (Å²) >= 11 is 3.16.